The third-order valence-electron chi connectivity index (χ3n) is 5.16. The Morgan fingerprint density at radius 3 is 2.49 bits per heavy atom. The summed E-state index contributed by atoms with van der Waals surface area (Å²) in [6.07, 6.45) is 0.393. The summed E-state index contributed by atoms with van der Waals surface area (Å²) < 4.78 is 46.7. The van der Waals surface area contributed by atoms with E-state index >= 15 is 0 Å². The molecular weight excluding hydrogens is 471 g/mol. The fraction of sp³-hybridized carbons (Fsp3) is 0.261. The average Bonchev–Trinajstić information content (AvgIpc) is 2.82. The lowest BCUT2D eigenvalue weighted by Crippen LogP contribution is -2.48. The van der Waals surface area contributed by atoms with Crippen LogP contribution in [0.15, 0.2) is 47.5 Å². The van der Waals surface area contributed by atoms with Crippen LogP contribution in [0, 0.1) is 17.5 Å². The second-order valence-corrected chi connectivity index (χ2v) is 7.48. The predicted octanol–water partition coefficient (Wildman–Crippen LogP) is 2.37. The quantitative estimate of drug-likeness (QED) is 0.417. The van der Waals surface area contributed by atoms with Gasteiger partial charge in [-0.1, -0.05) is 19.1 Å². The van der Waals surface area contributed by atoms with Crippen molar-refractivity contribution in [2.24, 2.45) is 0 Å². The average molecular weight is 491 g/mol. The molecule has 9 nitrogen and oxygen atoms in total. The van der Waals surface area contributed by atoms with Gasteiger partial charge in [0.2, 0.25) is 11.7 Å². The monoisotopic (exact) mass is 491 g/mol. The van der Waals surface area contributed by atoms with Crippen LogP contribution < -0.4 is 15.6 Å². The molecule has 2 unspecified atom stereocenters. The number of rotatable bonds is 10. The summed E-state index contributed by atoms with van der Waals surface area (Å²) in [5.41, 5.74) is -0.101. The Morgan fingerprint density at radius 1 is 1.11 bits per heavy atom. The zero-order valence-electron chi connectivity index (χ0n) is 18.3. The van der Waals surface area contributed by atoms with E-state index < -0.39 is 71.5 Å². The van der Waals surface area contributed by atoms with Crippen LogP contribution in [-0.4, -0.2) is 45.0 Å². The number of aliphatic carboxylic acids is 1. The highest BCUT2D eigenvalue weighted by Gasteiger charge is 2.29. The van der Waals surface area contributed by atoms with Crippen molar-refractivity contribution >= 4 is 28.6 Å². The van der Waals surface area contributed by atoms with Crippen molar-refractivity contribution in [2.45, 2.75) is 31.8 Å². The number of nitrogens with zero attached hydrogens (tertiary/aromatic N) is 2. The van der Waals surface area contributed by atoms with Crippen molar-refractivity contribution in [2.75, 3.05) is 6.61 Å². The zero-order chi connectivity index (χ0) is 25.7. The van der Waals surface area contributed by atoms with Gasteiger partial charge in [-0.05, 0) is 30.7 Å². The number of nitrogens with one attached hydrogen (secondary N) is 1. The third-order valence-corrected chi connectivity index (χ3v) is 5.16. The van der Waals surface area contributed by atoms with Crippen molar-refractivity contribution in [1.82, 2.24) is 14.9 Å². The normalized spacial score (nSPS) is 12.7. The number of carbonyl (C=O) groups is 3. The summed E-state index contributed by atoms with van der Waals surface area (Å²) in [5.74, 6) is -8.85. The fourth-order valence-electron chi connectivity index (χ4n) is 3.39. The van der Waals surface area contributed by atoms with Gasteiger partial charge in [0.25, 0.3) is 5.56 Å². The Labute approximate surface area is 196 Å². The Bertz CT molecular complexity index is 1340. The number of aromatic nitrogens is 2. The second kappa shape index (κ2) is 10.8. The molecule has 2 aromatic carbocycles. The lowest BCUT2D eigenvalue weighted by Gasteiger charge is -2.22. The first-order chi connectivity index (χ1) is 16.6. The molecule has 1 aromatic heterocycles. The molecule has 184 valence electrons. The molecule has 0 spiro atoms. The molecule has 35 heavy (non-hydrogen) atoms. The Balaban J connectivity index is 1.81. The van der Waals surface area contributed by atoms with Gasteiger partial charge in [-0.3, -0.25) is 23.7 Å². The van der Waals surface area contributed by atoms with Gasteiger partial charge in [0.15, 0.2) is 23.2 Å². The minimum Gasteiger partial charge on any atom is -0.481 e. The fourth-order valence-corrected chi connectivity index (χ4v) is 3.39. The number of fused-ring (bicyclic) bond motifs is 1. The number of carbonyl (C=O) groups excluding carboxylic acids is 2. The molecule has 0 saturated heterocycles. The van der Waals surface area contributed by atoms with E-state index in [0.29, 0.717) is 17.6 Å². The molecule has 0 aliphatic rings. The first kappa shape index (κ1) is 25.4. The van der Waals surface area contributed by atoms with Crippen LogP contribution >= 0.6 is 0 Å². The Hall–Kier alpha value is -4.22. The Kier molecular flexibility index (Phi) is 7.84. The first-order valence-electron chi connectivity index (χ1n) is 10.4. The topological polar surface area (TPSA) is 128 Å². The second-order valence-electron chi connectivity index (χ2n) is 7.48. The van der Waals surface area contributed by atoms with Gasteiger partial charge in [-0.25, -0.2) is 13.8 Å². The lowest BCUT2D eigenvalue weighted by molar-refractivity contribution is -0.140. The number of carboxylic acid groups (broad SMARTS) is 1. The number of amides is 1. The van der Waals surface area contributed by atoms with Crippen molar-refractivity contribution in [3.8, 4) is 5.75 Å². The number of carboxylic acids is 1. The van der Waals surface area contributed by atoms with Gasteiger partial charge in [-0.15, -0.1) is 0 Å². The number of benzene rings is 2. The molecule has 3 rings (SSSR count). The number of halogens is 3. The van der Waals surface area contributed by atoms with Gasteiger partial charge >= 0.3 is 5.97 Å². The molecule has 2 N–H and O–H groups in total. The van der Waals surface area contributed by atoms with Crippen LogP contribution in [0.25, 0.3) is 10.9 Å². The molecule has 0 bridgehead atoms. The van der Waals surface area contributed by atoms with Crippen LogP contribution in [0.5, 0.6) is 5.75 Å². The zero-order valence-corrected chi connectivity index (χ0v) is 18.3. The minimum absolute atomic E-state index is 0.0932. The van der Waals surface area contributed by atoms with E-state index in [0.717, 1.165) is 4.57 Å². The van der Waals surface area contributed by atoms with Gasteiger partial charge in [-0.2, -0.15) is 4.39 Å². The molecule has 0 aliphatic carbocycles. The van der Waals surface area contributed by atoms with Crippen LogP contribution in [0.2, 0.25) is 0 Å². The molecule has 0 aliphatic heterocycles. The maximum Gasteiger partial charge on any atom is 0.305 e. The minimum atomic E-state index is -1.66. The van der Waals surface area contributed by atoms with Gasteiger partial charge in [0.1, 0.15) is 18.7 Å². The number of Topliss-reactive ketones (excluding diaryl/α,β-unsaturated/α-hetero) is 1. The molecular formula is C23H20F3N3O6. The van der Waals surface area contributed by atoms with Crippen LogP contribution in [0.3, 0.4) is 0 Å². The van der Waals surface area contributed by atoms with E-state index in [1.54, 1.807) is 25.1 Å². The molecule has 2 atom stereocenters. The van der Waals surface area contributed by atoms with Crippen LogP contribution in [0.1, 0.15) is 25.8 Å². The molecule has 1 amide bonds. The maximum absolute atomic E-state index is 13.8. The van der Waals surface area contributed by atoms with E-state index in [2.05, 4.69) is 10.3 Å². The highest BCUT2D eigenvalue weighted by molar-refractivity contribution is 5.93. The number of ketones is 1. The Morgan fingerprint density at radius 2 is 1.80 bits per heavy atom. The van der Waals surface area contributed by atoms with Crippen molar-refractivity contribution < 1.29 is 37.4 Å². The third kappa shape index (κ3) is 5.65. The lowest BCUT2D eigenvalue weighted by atomic mass is 10.1. The van der Waals surface area contributed by atoms with Gasteiger partial charge in [0.05, 0.1) is 23.7 Å². The van der Waals surface area contributed by atoms with Gasteiger partial charge in [0, 0.05) is 0 Å². The van der Waals surface area contributed by atoms with E-state index in [4.69, 9.17) is 9.84 Å². The van der Waals surface area contributed by atoms with Crippen LogP contribution in [-0.2, 0) is 14.4 Å². The first-order valence-corrected chi connectivity index (χ1v) is 10.4. The maximum atomic E-state index is 13.8. The SMILES string of the molecule is CCC(C(=O)NC(CC(=O)O)C(=O)COc1c(F)ccc(F)c1F)n1cnc2ccccc2c1=O. The summed E-state index contributed by atoms with van der Waals surface area (Å²) in [6.45, 7) is 0.544. The molecule has 12 heteroatoms. The van der Waals surface area contributed by atoms with E-state index in [-0.39, 0.29) is 11.8 Å². The predicted molar refractivity (Wildman–Crippen MR) is 116 cm³/mol. The van der Waals surface area contributed by atoms with Gasteiger partial charge < -0.3 is 15.2 Å². The summed E-state index contributed by atoms with van der Waals surface area (Å²) in [5, 5.41) is 11.7. The standard InChI is InChI=1S/C23H20F3N3O6/c1-2-17(29-11-27-15-6-4-3-5-12(15)23(29)34)22(33)28-16(9-19(31)32)18(30)10-35-21-14(25)8-7-13(24)20(21)26/h3-8,11,16-17H,2,9-10H2,1H3,(H,28,33)(H,31,32). The summed E-state index contributed by atoms with van der Waals surface area (Å²) in [6, 6.07) is 4.80. The van der Waals surface area contributed by atoms with E-state index in [1.165, 1.54) is 12.4 Å². The van der Waals surface area contributed by atoms with Crippen LogP contribution in [0.4, 0.5) is 13.2 Å². The van der Waals surface area contributed by atoms with Crippen molar-refractivity contribution in [1.29, 1.82) is 0 Å². The smallest absolute Gasteiger partial charge is 0.305 e. The number of hydrogen-bond acceptors (Lipinski definition) is 6. The molecule has 0 radical (unpaired) electrons. The molecule has 0 fully saturated rings. The van der Waals surface area contributed by atoms with E-state index in [9.17, 15) is 32.3 Å². The van der Waals surface area contributed by atoms with E-state index in [1.807, 2.05) is 0 Å². The largest absolute Gasteiger partial charge is 0.481 e. The number of para-hydroxylation sites is 1. The number of ether oxygens (including phenoxy) is 1. The van der Waals surface area contributed by atoms with Crippen molar-refractivity contribution in [3.05, 3.63) is 70.5 Å². The molecule has 3 aromatic rings. The highest BCUT2D eigenvalue weighted by atomic mass is 19.2. The summed E-state index contributed by atoms with van der Waals surface area (Å²) in [4.78, 5) is 53.7. The highest BCUT2D eigenvalue weighted by Crippen LogP contribution is 2.23. The van der Waals surface area contributed by atoms with Crippen molar-refractivity contribution in [3.63, 3.8) is 0 Å². The molecule has 0 saturated carbocycles. The summed E-state index contributed by atoms with van der Waals surface area (Å²) >= 11 is 0. The summed E-state index contributed by atoms with van der Waals surface area (Å²) in [7, 11) is 0. The number of hydrogen-bond donors (Lipinski definition) is 2. The molecule has 1 heterocycles.